The van der Waals surface area contributed by atoms with Crippen LogP contribution in [-0.4, -0.2) is 33.2 Å². The molecule has 0 aliphatic heterocycles. The number of nitrogens with zero attached hydrogens (tertiary/aromatic N) is 3. The van der Waals surface area contributed by atoms with Crippen LogP contribution in [0.25, 0.3) is 10.9 Å². The predicted molar refractivity (Wildman–Crippen MR) is 92.5 cm³/mol. The molecular weight excluding hydrogens is 324 g/mol. The van der Waals surface area contributed by atoms with Crippen LogP contribution in [0.3, 0.4) is 0 Å². The molecule has 3 rings (SSSR count). The van der Waals surface area contributed by atoms with Crippen LogP contribution in [0, 0.1) is 10.1 Å². The van der Waals surface area contributed by atoms with Crippen LogP contribution in [-0.2, 0) is 6.54 Å². The number of non-ortho nitro benzene ring substituents is 1. The molecular formula is C17H16N4O4. The lowest BCUT2D eigenvalue weighted by molar-refractivity contribution is -0.384. The Morgan fingerprint density at radius 1 is 1.20 bits per heavy atom. The lowest BCUT2D eigenvalue weighted by atomic mass is 10.2. The van der Waals surface area contributed by atoms with Crippen molar-refractivity contribution in [2.24, 2.45) is 0 Å². The third kappa shape index (κ3) is 3.81. The molecule has 0 amide bonds. The molecule has 0 aliphatic carbocycles. The number of para-hydroxylation sites is 1. The summed E-state index contributed by atoms with van der Waals surface area (Å²) in [4.78, 5) is 18.9. The zero-order chi connectivity index (χ0) is 17.6. The van der Waals surface area contributed by atoms with E-state index in [1.165, 1.54) is 18.5 Å². The monoisotopic (exact) mass is 340 g/mol. The molecule has 2 aromatic carbocycles. The first kappa shape index (κ1) is 16.6. The van der Waals surface area contributed by atoms with Crippen molar-refractivity contribution in [2.45, 2.75) is 6.54 Å². The highest BCUT2D eigenvalue weighted by molar-refractivity contribution is 5.90. The van der Waals surface area contributed by atoms with Gasteiger partial charge in [-0.15, -0.1) is 0 Å². The molecule has 0 atom stereocenters. The third-order valence-corrected chi connectivity index (χ3v) is 3.60. The van der Waals surface area contributed by atoms with Crippen molar-refractivity contribution in [1.82, 2.24) is 9.97 Å². The number of aliphatic hydroxyl groups excluding tert-OH is 1. The van der Waals surface area contributed by atoms with Gasteiger partial charge in [0.2, 0.25) is 0 Å². The summed E-state index contributed by atoms with van der Waals surface area (Å²) in [7, 11) is 0. The average molecular weight is 340 g/mol. The molecule has 1 heterocycles. The molecule has 1 aromatic heterocycles. The summed E-state index contributed by atoms with van der Waals surface area (Å²) in [5, 5.41) is 23.6. The standard InChI is InChI=1S/C17H16N4O4/c22-7-8-25-16-4-2-1-3-12(16)10-18-17-14-9-13(21(23)24)5-6-15(14)19-11-20-17/h1-6,9,11,22H,7-8,10H2,(H,18,19,20). The average Bonchev–Trinajstić information content (AvgIpc) is 2.64. The molecule has 0 radical (unpaired) electrons. The summed E-state index contributed by atoms with van der Waals surface area (Å²) in [5.74, 6) is 1.17. The van der Waals surface area contributed by atoms with E-state index < -0.39 is 4.92 Å². The second kappa shape index (κ2) is 7.54. The largest absolute Gasteiger partial charge is 0.491 e. The quantitative estimate of drug-likeness (QED) is 0.502. The van der Waals surface area contributed by atoms with Crippen LogP contribution >= 0.6 is 0 Å². The van der Waals surface area contributed by atoms with Crippen LogP contribution in [0.5, 0.6) is 5.75 Å². The Hall–Kier alpha value is -3.26. The predicted octanol–water partition coefficient (Wildman–Crippen LogP) is 2.52. The topological polar surface area (TPSA) is 110 Å². The highest BCUT2D eigenvalue weighted by Crippen LogP contribution is 2.25. The van der Waals surface area contributed by atoms with Gasteiger partial charge in [0.05, 0.1) is 17.0 Å². The van der Waals surface area contributed by atoms with Crippen molar-refractivity contribution in [3.8, 4) is 5.75 Å². The summed E-state index contributed by atoms with van der Waals surface area (Å²) >= 11 is 0. The Morgan fingerprint density at radius 2 is 2.04 bits per heavy atom. The molecule has 8 heteroatoms. The first-order chi connectivity index (χ1) is 12.2. The number of aliphatic hydroxyl groups is 1. The molecule has 25 heavy (non-hydrogen) atoms. The lowest BCUT2D eigenvalue weighted by Gasteiger charge is -2.12. The van der Waals surface area contributed by atoms with Crippen LogP contribution in [0.1, 0.15) is 5.56 Å². The van der Waals surface area contributed by atoms with Crippen molar-refractivity contribution in [1.29, 1.82) is 0 Å². The van der Waals surface area contributed by atoms with Gasteiger partial charge in [0, 0.05) is 29.6 Å². The van der Waals surface area contributed by atoms with Crippen molar-refractivity contribution < 1.29 is 14.8 Å². The van der Waals surface area contributed by atoms with E-state index in [0.717, 1.165) is 5.56 Å². The molecule has 2 N–H and O–H groups in total. The van der Waals surface area contributed by atoms with Crippen LogP contribution in [0.15, 0.2) is 48.8 Å². The Labute approximate surface area is 143 Å². The number of fused-ring (bicyclic) bond motifs is 1. The number of rotatable bonds is 7. The second-order valence-corrected chi connectivity index (χ2v) is 5.21. The third-order valence-electron chi connectivity index (χ3n) is 3.60. The molecule has 0 fully saturated rings. The van der Waals surface area contributed by atoms with Gasteiger partial charge in [0.15, 0.2) is 0 Å². The van der Waals surface area contributed by atoms with Crippen molar-refractivity contribution in [2.75, 3.05) is 18.5 Å². The Kier molecular flexibility index (Phi) is 5.00. The number of nitro benzene ring substituents is 1. The van der Waals surface area contributed by atoms with Gasteiger partial charge in [0.25, 0.3) is 5.69 Å². The fourth-order valence-electron chi connectivity index (χ4n) is 2.42. The maximum absolute atomic E-state index is 11.0. The summed E-state index contributed by atoms with van der Waals surface area (Å²) in [6, 6.07) is 11.9. The first-order valence-corrected chi connectivity index (χ1v) is 7.63. The van der Waals surface area contributed by atoms with Crippen LogP contribution in [0.4, 0.5) is 11.5 Å². The minimum atomic E-state index is -0.450. The highest BCUT2D eigenvalue weighted by atomic mass is 16.6. The fraction of sp³-hybridized carbons (Fsp3) is 0.176. The van der Waals surface area contributed by atoms with Gasteiger partial charge in [-0.05, 0) is 12.1 Å². The molecule has 0 unspecified atom stereocenters. The summed E-state index contributed by atoms with van der Waals surface area (Å²) in [6.45, 7) is 0.554. The number of ether oxygens (including phenoxy) is 1. The van der Waals surface area contributed by atoms with E-state index in [-0.39, 0.29) is 18.9 Å². The second-order valence-electron chi connectivity index (χ2n) is 5.21. The number of nitro groups is 1. The highest BCUT2D eigenvalue weighted by Gasteiger charge is 2.11. The number of nitrogens with one attached hydrogen (secondary N) is 1. The van der Waals surface area contributed by atoms with Gasteiger partial charge in [0.1, 0.15) is 24.5 Å². The number of benzene rings is 2. The molecule has 0 saturated carbocycles. The van der Waals surface area contributed by atoms with Crippen molar-refractivity contribution in [3.05, 3.63) is 64.5 Å². The van der Waals surface area contributed by atoms with E-state index in [4.69, 9.17) is 9.84 Å². The van der Waals surface area contributed by atoms with Crippen LogP contribution < -0.4 is 10.1 Å². The molecule has 0 aliphatic rings. The van der Waals surface area contributed by atoms with Gasteiger partial charge in [-0.25, -0.2) is 9.97 Å². The smallest absolute Gasteiger partial charge is 0.270 e. The maximum Gasteiger partial charge on any atom is 0.270 e. The molecule has 0 bridgehead atoms. The minimum absolute atomic E-state index is 0.0166. The molecule has 3 aromatic rings. The van der Waals surface area contributed by atoms with E-state index in [1.54, 1.807) is 6.07 Å². The van der Waals surface area contributed by atoms with Gasteiger partial charge in [-0.2, -0.15) is 0 Å². The maximum atomic E-state index is 11.0. The van der Waals surface area contributed by atoms with E-state index in [2.05, 4.69) is 15.3 Å². The Morgan fingerprint density at radius 3 is 2.84 bits per heavy atom. The number of aromatic nitrogens is 2. The molecule has 0 spiro atoms. The summed E-state index contributed by atoms with van der Waals surface area (Å²) < 4.78 is 5.50. The number of anilines is 1. The van der Waals surface area contributed by atoms with Crippen LogP contribution in [0.2, 0.25) is 0 Å². The summed E-state index contributed by atoms with van der Waals surface area (Å²) in [5.41, 5.74) is 1.48. The molecule has 128 valence electrons. The van der Waals surface area contributed by atoms with E-state index >= 15 is 0 Å². The SMILES string of the molecule is O=[N+]([O-])c1ccc2ncnc(NCc3ccccc3OCCO)c2c1. The lowest BCUT2D eigenvalue weighted by Crippen LogP contribution is -2.07. The normalized spacial score (nSPS) is 10.6. The molecule has 8 nitrogen and oxygen atoms in total. The van der Waals surface area contributed by atoms with Crippen molar-refractivity contribution >= 4 is 22.4 Å². The van der Waals surface area contributed by atoms with E-state index in [0.29, 0.717) is 29.0 Å². The van der Waals surface area contributed by atoms with E-state index in [9.17, 15) is 10.1 Å². The molecule has 0 saturated heterocycles. The number of hydrogen-bond acceptors (Lipinski definition) is 7. The van der Waals surface area contributed by atoms with Gasteiger partial charge < -0.3 is 15.2 Å². The fourth-order valence-corrected chi connectivity index (χ4v) is 2.42. The first-order valence-electron chi connectivity index (χ1n) is 7.63. The van der Waals surface area contributed by atoms with E-state index in [1.807, 2.05) is 24.3 Å². The van der Waals surface area contributed by atoms with Gasteiger partial charge >= 0.3 is 0 Å². The minimum Gasteiger partial charge on any atom is -0.491 e. The number of hydrogen-bond donors (Lipinski definition) is 2. The zero-order valence-corrected chi connectivity index (χ0v) is 13.3. The Bertz CT molecular complexity index is 901. The van der Waals surface area contributed by atoms with Gasteiger partial charge in [-0.3, -0.25) is 10.1 Å². The summed E-state index contributed by atoms with van der Waals surface area (Å²) in [6.07, 6.45) is 1.41. The zero-order valence-electron chi connectivity index (χ0n) is 13.3. The van der Waals surface area contributed by atoms with Gasteiger partial charge in [-0.1, -0.05) is 18.2 Å². The Balaban J connectivity index is 1.86. The van der Waals surface area contributed by atoms with Crippen molar-refractivity contribution in [3.63, 3.8) is 0 Å².